The van der Waals surface area contributed by atoms with Crippen molar-refractivity contribution in [2.45, 2.75) is 70.6 Å². The van der Waals surface area contributed by atoms with Crippen LogP contribution in [0.25, 0.3) is 0 Å². The molecule has 28 heavy (non-hydrogen) atoms. The molecule has 0 fully saturated rings. The highest BCUT2D eigenvalue weighted by Crippen LogP contribution is 2.38. The minimum absolute atomic E-state index is 0.0197. The van der Waals surface area contributed by atoms with E-state index in [0.717, 1.165) is 12.8 Å². The van der Waals surface area contributed by atoms with Gasteiger partial charge < -0.3 is 9.53 Å². The van der Waals surface area contributed by atoms with Crippen molar-refractivity contribution in [2.24, 2.45) is 0 Å². The van der Waals surface area contributed by atoms with Crippen molar-refractivity contribution in [3.05, 3.63) is 73.3 Å². The van der Waals surface area contributed by atoms with Crippen LogP contribution in [0.15, 0.2) is 73.3 Å². The number of aliphatic hydroxyl groups is 1. The van der Waals surface area contributed by atoms with Crippen LogP contribution < -0.4 is 10.4 Å². The van der Waals surface area contributed by atoms with Gasteiger partial charge in [0, 0.05) is 6.10 Å². The molecule has 0 aliphatic carbocycles. The topological polar surface area (TPSA) is 29.5 Å². The van der Waals surface area contributed by atoms with Crippen LogP contribution in [0, 0.1) is 0 Å². The van der Waals surface area contributed by atoms with Gasteiger partial charge >= 0.3 is 0 Å². The van der Waals surface area contributed by atoms with Gasteiger partial charge in [0.25, 0.3) is 8.32 Å². The van der Waals surface area contributed by atoms with E-state index in [1.807, 2.05) is 0 Å². The van der Waals surface area contributed by atoms with E-state index >= 15 is 0 Å². The van der Waals surface area contributed by atoms with Crippen molar-refractivity contribution in [3.8, 4) is 0 Å². The fourth-order valence-electron chi connectivity index (χ4n) is 4.08. The summed E-state index contributed by atoms with van der Waals surface area (Å²) >= 11 is 0. The van der Waals surface area contributed by atoms with Gasteiger partial charge in [-0.1, -0.05) is 101 Å². The lowest BCUT2D eigenvalue weighted by Gasteiger charge is -2.45. The van der Waals surface area contributed by atoms with E-state index < -0.39 is 14.4 Å². The fraction of sp³-hybridized carbons (Fsp3) is 0.440. The first kappa shape index (κ1) is 22.6. The van der Waals surface area contributed by atoms with Crippen LogP contribution in [0.1, 0.15) is 53.4 Å². The molecule has 0 bridgehead atoms. The molecular formula is C25H36O2Si. The molecule has 3 heteroatoms. The summed E-state index contributed by atoms with van der Waals surface area (Å²) in [6.45, 7) is 12.8. The zero-order chi connectivity index (χ0) is 20.6. The van der Waals surface area contributed by atoms with Crippen LogP contribution in [0.3, 0.4) is 0 Å². The van der Waals surface area contributed by atoms with Gasteiger partial charge in [-0.05, 0) is 34.7 Å². The van der Waals surface area contributed by atoms with Crippen molar-refractivity contribution in [3.63, 3.8) is 0 Å². The van der Waals surface area contributed by atoms with Gasteiger partial charge in [0.05, 0.1) is 6.10 Å². The van der Waals surface area contributed by atoms with Crippen LogP contribution in [-0.2, 0) is 4.43 Å². The highest BCUT2D eigenvalue weighted by atomic mass is 28.4. The third kappa shape index (κ3) is 5.22. The highest BCUT2D eigenvalue weighted by Gasteiger charge is 2.51. The molecular weight excluding hydrogens is 360 g/mol. The van der Waals surface area contributed by atoms with Gasteiger partial charge in [0.1, 0.15) is 0 Å². The standard InChI is InChI=1S/C25H36O2Si/c1-6-14-21(26)20-22(15-7-2)27-28(25(3,4)5,23-16-10-8-11-17-23)24-18-12-9-13-19-24/h6,8-13,16-19,21-22,26H,1,7,14-15,20H2,2-5H3/t21-,22-/m0/s1. The Balaban J connectivity index is 2.57. The van der Waals surface area contributed by atoms with Crippen LogP contribution >= 0.6 is 0 Å². The largest absolute Gasteiger partial charge is 0.404 e. The number of benzene rings is 2. The zero-order valence-corrected chi connectivity index (χ0v) is 18.9. The lowest BCUT2D eigenvalue weighted by molar-refractivity contribution is 0.0853. The van der Waals surface area contributed by atoms with Crippen LogP contribution in [0.2, 0.25) is 5.04 Å². The minimum atomic E-state index is -2.58. The van der Waals surface area contributed by atoms with E-state index in [0.29, 0.717) is 12.8 Å². The Morgan fingerprint density at radius 2 is 1.50 bits per heavy atom. The van der Waals surface area contributed by atoms with Crippen LogP contribution in [-0.4, -0.2) is 25.6 Å². The smallest absolute Gasteiger partial charge is 0.261 e. The summed E-state index contributed by atoms with van der Waals surface area (Å²) in [4.78, 5) is 0. The maximum atomic E-state index is 10.5. The van der Waals surface area contributed by atoms with Crippen molar-refractivity contribution >= 4 is 18.7 Å². The Morgan fingerprint density at radius 3 is 1.89 bits per heavy atom. The molecule has 0 unspecified atom stereocenters. The molecule has 2 nitrogen and oxygen atoms in total. The van der Waals surface area contributed by atoms with Gasteiger partial charge in [0.2, 0.25) is 0 Å². The average molecular weight is 397 g/mol. The fourth-order valence-corrected chi connectivity index (χ4v) is 8.81. The highest BCUT2D eigenvalue weighted by molar-refractivity contribution is 6.99. The molecule has 2 atom stereocenters. The van der Waals surface area contributed by atoms with Crippen molar-refractivity contribution in [1.82, 2.24) is 0 Å². The zero-order valence-electron chi connectivity index (χ0n) is 17.9. The van der Waals surface area contributed by atoms with Crippen LogP contribution in [0.4, 0.5) is 0 Å². The summed E-state index contributed by atoms with van der Waals surface area (Å²) in [6.07, 6.45) is 4.62. The summed E-state index contributed by atoms with van der Waals surface area (Å²) in [5, 5.41) is 13.0. The molecule has 2 aromatic carbocycles. The molecule has 2 rings (SSSR count). The molecule has 152 valence electrons. The first-order valence-corrected chi connectivity index (χ1v) is 12.3. The van der Waals surface area contributed by atoms with Gasteiger partial charge in [0.15, 0.2) is 0 Å². The Labute approximate surface area is 172 Å². The quantitative estimate of drug-likeness (QED) is 0.449. The molecule has 0 aliphatic heterocycles. The lowest BCUT2D eigenvalue weighted by Crippen LogP contribution is -2.67. The summed E-state index contributed by atoms with van der Waals surface area (Å²) < 4.78 is 7.18. The Hall–Kier alpha value is -1.68. The normalized spacial score (nSPS) is 14.5. The predicted octanol–water partition coefficient (Wildman–Crippen LogP) is 5.06. The third-order valence-electron chi connectivity index (χ3n) is 5.34. The number of hydrogen-bond acceptors (Lipinski definition) is 2. The van der Waals surface area contributed by atoms with E-state index in [4.69, 9.17) is 4.43 Å². The van der Waals surface area contributed by atoms with Gasteiger partial charge in [-0.25, -0.2) is 0 Å². The van der Waals surface area contributed by atoms with E-state index in [-0.39, 0.29) is 11.1 Å². The first-order valence-electron chi connectivity index (χ1n) is 10.4. The maximum Gasteiger partial charge on any atom is 0.261 e. The Bertz CT molecular complexity index is 667. The van der Waals surface area contributed by atoms with Gasteiger partial charge in [-0.15, -0.1) is 6.58 Å². The summed E-state index contributed by atoms with van der Waals surface area (Å²) in [5.41, 5.74) is 0. The lowest BCUT2D eigenvalue weighted by atomic mass is 10.1. The van der Waals surface area contributed by atoms with E-state index in [9.17, 15) is 5.11 Å². The molecule has 1 N–H and O–H groups in total. The molecule has 0 aromatic heterocycles. The third-order valence-corrected chi connectivity index (χ3v) is 10.4. The molecule has 0 spiro atoms. The molecule has 0 heterocycles. The Morgan fingerprint density at radius 1 is 1.00 bits per heavy atom. The molecule has 0 aliphatic rings. The van der Waals surface area contributed by atoms with E-state index in [1.54, 1.807) is 6.08 Å². The molecule has 0 radical (unpaired) electrons. The second kappa shape index (κ2) is 10.2. The number of rotatable bonds is 10. The predicted molar refractivity (Wildman–Crippen MR) is 123 cm³/mol. The van der Waals surface area contributed by atoms with Crippen LogP contribution in [0.5, 0.6) is 0 Å². The van der Waals surface area contributed by atoms with Crippen molar-refractivity contribution < 1.29 is 9.53 Å². The van der Waals surface area contributed by atoms with Crippen molar-refractivity contribution in [2.75, 3.05) is 0 Å². The number of hydrogen-bond donors (Lipinski definition) is 1. The molecule has 0 saturated carbocycles. The molecule has 2 aromatic rings. The first-order chi connectivity index (χ1) is 13.3. The minimum Gasteiger partial charge on any atom is -0.404 e. The summed E-state index contributed by atoms with van der Waals surface area (Å²) in [7, 11) is -2.58. The van der Waals surface area contributed by atoms with Gasteiger partial charge in [-0.3, -0.25) is 0 Å². The second-order valence-electron chi connectivity index (χ2n) is 8.61. The SMILES string of the molecule is C=CC[C@H](O)C[C@H](CCC)O[Si](c1ccccc1)(c1ccccc1)C(C)(C)C. The molecule has 0 amide bonds. The van der Waals surface area contributed by atoms with Crippen molar-refractivity contribution in [1.29, 1.82) is 0 Å². The monoisotopic (exact) mass is 396 g/mol. The Kier molecular flexibility index (Phi) is 8.23. The number of aliphatic hydroxyl groups excluding tert-OH is 1. The summed E-state index contributed by atoms with van der Waals surface area (Å²) in [6, 6.07) is 21.4. The summed E-state index contributed by atoms with van der Waals surface area (Å²) in [5.74, 6) is 0. The van der Waals surface area contributed by atoms with E-state index in [2.05, 4.69) is 94.9 Å². The average Bonchev–Trinajstić information content (AvgIpc) is 2.66. The molecule has 0 saturated heterocycles. The van der Waals surface area contributed by atoms with Gasteiger partial charge in [-0.2, -0.15) is 0 Å². The second-order valence-corrected chi connectivity index (χ2v) is 12.9. The maximum absolute atomic E-state index is 10.5. The van der Waals surface area contributed by atoms with E-state index in [1.165, 1.54) is 10.4 Å².